The molecule has 0 spiro atoms. The smallest absolute Gasteiger partial charge is 0.318 e. The molecule has 0 aliphatic carbocycles. The highest BCUT2D eigenvalue weighted by Crippen LogP contribution is 2.20. The fourth-order valence-electron chi connectivity index (χ4n) is 0.390. The standard InChI is InChI=1S/C10H18O3.C5H10O2.C2H6.C2H2/c1-9(2,3)7(11)13-8(12)10(4,5)6;1-5(2,3)4(6)7;2*1-2/h1-6H3;1-3H3,(H,6,7);1-2H3;1-2H/i;;2*1D. The first-order valence-corrected chi connectivity index (χ1v) is 7.49. The minimum atomic E-state index is -0.757. The van der Waals surface area contributed by atoms with Crippen LogP contribution in [-0.4, -0.2) is 23.0 Å². The molecule has 0 aliphatic heterocycles. The Labute approximate surface area is 151 Å². The highest BCUT2D eigenvalue weighted by molar-refractivity contribution is 5.90. The minimum Gasteiger partial charge on any atom is -0.481 e. The van der Waals surface area contributed by atoms with E-state index >= 15 is 0 Å². The van der Waals surface area contributed by atoms with Crippen LogP contribution in [0.15, 0.2) is 0 Å². The summed E-state index contributed by atoms with van der Waals surface area (Å²) in [7, 11) is 0. The van der Waals surface area contributed by atoms with Crippen molar-refractivity contribution in [3.8, 4) is 12.8 Å². The van der Waals surface area contributed by atoms with E-state index in [0.29, 0.717) is 6.90 Å². The van der Waals surface area contributed by atoms with Gasteiger partial charge in [-0.05, 0) is 62.3 Å². The lowest BCUT2D eigenvalue weighted by Crippen LogP contribution is -2.31. The minimum absolute atomic E-state index is 0.479. The summed E-state index contributed by atoms with van der Waals surface area (Å²) in [5.41, 5.74) is -1.83. The van der Waals surface area contributed by atoms with Crippen LogP contribution in [0.3, 0.4) is 0 Å². The van der Waals surface area contributed by atoms with Crippen LogP contribution in [0.25, 0.3) is 0 Å². The third kappa shape index (κ3) is 18.2. The van der Waals surface area contributed by atoms with Crippen LogP contribution in [0.4, 0.5) is 0 Å². The van der Waals surface area contributed by atoms with Crippen LogP contribution in [-0.2, 0) is 19.1 Å². The summed E-state index contributed by atoms with van der Waals surface area (Å²) in [5, 5.41) is 8.25. The van der Waals surface area contributed by atoms with Gasteiger partial charge in [-0.15, -0.1) is 12.8 Å². The van der Waals surface area contributed by atoms with Crippen molar-refractivity contribution in [3.05, 3.63) is 0 Å². The molecule has 0 saturated carbocycles. The molecule has 0 fully saturated rings. The first kappa shape index (κ1) is 24.4. The van der Waals surface area contributed by atoms with Crippen LogP contribution < -0.4 is 0 Å². The van der Waals surface area contributed by atoms with Gasteiger partial charge in [0.05, 0.1) is 16.2 Å². The SMILES string of the molecule is CC(C)(C)C(=O)O.CC(C)(C)C(=O)OC(=O)C(C)(C)C.[2H]C#C.[2H]CC. The largest absolute Gasteiger partial charge is 0.481 e. The van der Waals surface area contributed by atoms with E-state index in [1.165, 1.54) is 6.40 Å². The third-order valence-corrected chi connectivity index (χ3v) is 2.05. The van der Waals surface area contributed by atoms with E-state index in [4.69, 9.17) is 12.6 Å². The van der Waals surface area contributed by atoms with E-state index in [1.54, 1.807) is 69.2 Å². The lowest BCUT2D eigenvalue weighted by Gasteiger charge is -2.20. The summed E-state index contributed by atoms with van der Waals surface area (Å²) in [4.78, 5) is 32.6. The second-order valence-electron chi connectivity index (χ2n) is 7.73. The van der Waals surface area contributed by atoms with Gasteiger partial charge >= 0.3 is 17.9 Å². The maximum absolute atomic E-state index is 11.3. The zero-order valence-electron chi connectivity index (χ0n) is 18.9. The number of terminal acetylenes is 1. The summed E-state index contributed by atoms with van der Waals surface area (Å²) in [6.07, 6.45) is 5.76. The van der Waals surface area contributed by atoms with Gasteiger partial charge in [0.15, 0.2) is 0 Å². The van der Waals surface area contributed by atoms with Gasteiger partial charge in [0.25, 0.3) is 0 Å². The molecule has 0 aromatic rings. The number of aliphatic carboxylic acids is 1. The molecule has 0 bridgehead atoms. The second-order valence-corrected chi connectivity index (χ2v) is 7.73. The van der Waals surface area contributed by atoms with Crippen LogP contribution >= 0.6 is 0 Å². The average Bonchev–Trinajstić information content (AvgIpc) is 2.37. The molecule has 5 nitrogen and oxygen atoms in total. The lowest BCUT2D eigenvalue weighted by molar-refractivity contribution is -0.171. The molecular formula is C19H36O5. The molecule has 0 amide bonds. The van der Waals surface area contributed by atoms with Crippen LogP contribution in [0.5, 0.6) is 0 Å². The van der Waals surface area contributed by atoms with Crippen molar-refractivity contribution in [1.82, 2.24) is 0 Å². The number of hydrogen-bond donors (Lipinski definition) is 1. The highest BCUT2D eigenvalue weighted by atomic mass is 16.6. The van der Waals surface area contributed by atoms with Gasteiger partial charge in [-0.25, -0.2) is 0 Å². The predicted molar refractivity (Wildman–Crippen MR) is 98.3 cm³/mol. The maximum atomic E-state index is 11.3. The van der Waals surface area contributed by atoms with Gasteiger partial charge in [0.1, 0.15) is 1.37 Å². The van der Waals surface area contributed by atoms with Gasteiger partial charge in [0.2, 0.25) is 0 Å². The topological polar surface area (TPSA) is 80.7 Å². The lowest BCUT2D eigenvalue weighted by atomic mass is 9.95. The van der Waals surface area contributed by atoms with Crippen molar-refractivity contribution in [2.45, 2.75) is 76.1 Å². The zero-order chi connectivity index (χ0) is 22.4. The number of carbonyl (C=O) groups is 3. The summed E-state index contributed by atoms with van der Waals surface area (Å²) in [5.74, 6) is -1.72. The second kappa shape index (κ2) is 12.6. The number of esters is 2. The molecule has 0 aromatic carbocycles. The quantitative estimate of drug-likeness (QED) is 0.395. The molecule has 5 heteroatoms. The molecule has 142 valence electrons. The molecule has 0 rings (SSSR count). The van der Waals surface area contributed by atoms with Crippen LogP contribution in [0.1, 0.15) is 78.9 Å². The van der Waals surface area contributed by atoms with E-state index in [1.807, 2.05) is 0 Å². The molecular weight excluding hydrogens is 308 g/mol. The fraction of sp³-hybridized carbons (Fsp3) is 0.737. The van der Waals surface area contributed by atoms with E-state index in [9.17, 15) is 14.4 Å². The van der Waals surface area contributed by atoms with Gasteiger partial charge in [-0.2, -0.15) is 0 Å². The van der Waals surface area contributed by atoms with Crippen molar-refractivity contribution < 1.29 is 27.0 Å². The van der Waals surface area contributed by atoms with E-state index in [-0.39, 0.29) is 0 Å². The van der Waals surface area contributed by atoms with Crippen LogP contribution in [0.2, 0.25) is 0 Å². The van der Waals surface area contributed by atoms with Gasteiger partial charge < -0.3 is 9.84 Å². The Kier molecular flexibility index (Phi) is 12.8. The van der Waals surface area contributed by atoms with Crippen molar-refractivity contribution >= 4 is 17.9 Å². The van der Waals surface area contributed by atoms with E-state index < -0.39 is 34.2 Å². The summed E-state index contributed by atoms with van der Waals surface area (Å²) in [6, 6.07) is 0. The number of rotatable bonds is 0. The Morgan fingerprint density at radius 2 is 1.04 bits per heavy atom. The van der Waals surface area contributed by atoms with Crippen LogP contribution in [0, 0.1) is 29.1 Å². The predicted octanol–water partition coefficient (Wildman–Crippen LogP) is 4.54. The van der Waals surface area contributed by atoms with Crippen molar-refractivity contribution in [2.24, 2.45) is 16.2 Å². The monoisotopic (exact) mass is 346 g/mol. The average molecular weight is 347 g/mol. The maximum Gasteiger partial charge on any atom is 0.318 e. The summed E-state index contributed by atoms with van der Waals surface area (Å²) in [6.45, 7) is 17.6. The van der Waals surface area contributed by atoms with Gasteiger partial charge in [-0.1, -0.05) is 13.8 Å². The molecule has 0 radical (unpaired) electrons. The Balaban J connectivity index is -0.000000155. The molecule has 1 N–H and O–H groups in total. The van der Waals surface area contributed by atoms with Gasteiger partial charge in [0, 0.05) is 1.37 Å². The third-order valence-electron chi connectivity index (χ3n) is 2.05. The Hall–Kier alpha value is -1.83. The molecule has 0 aliphatic rings. The first-order valence-electron chi connectivity index (χ1n) is 8.70. The molecule has 24 heavy (non-hydrogen) atoms. The molecule has 0 atom stereocenters. The number of carboxylic acids is 1. The number of carboxylic acid groups (broad SMARTS) is 1. The summed E-state index contributed by atoms with van der Waals surface area (Å²) < 4.78 is 16.6. The van der Waals surface area contributed by atoms with Gasteiger partial charge in [-0.3, -0.25) is 14.4 Å². The zero-order valence-corrected chi connectivity index (χ0v) is 16.9. The Morgan fingerprint density at radius 3 is 1.12 bits per heavy atom. The summed E-state index contributed by atoms with van der Waals surface area (Å²) >= 11 is 0. The van der Waals surface area contributed by atoms with Crippen molar-refractivity contribution in [3.63, 3.8) is 0 Å². The highest BCUT2D eigenvalue weighted by Gasteiger charge is 2.31. The first-order chi connectivity index (χ1) is 11.3. The Morgan fingerprint density at radius 1 is 0.875 bits per heavy atom. The number of carbonyl (C=O) groups excluding carboxylic acids is 2. The Bertz CT molecular complexity index is 434. The normalized spacial score (nSPS) is 11.2. The molecule has 0 unspecified atom stereocenters. The number of ether oxygens (including phenoxy) is 1. The number of hydrogen-bond acceptors (Lipinski definition) is 4. The molecule has 0 heterocycles. The molecule has 0 aromatic heterocycles. The van der Waals surface area contributed by atoms with Crippen molar-refractivity contribution in [1.29, 1.82) is 0 Å². The van der Waals surface area contributed by atoms with Crippen molar-refractivity contribution in [2.75, 3.05) is 0 Å². The molecule has 0 saturated heterocycles. The fourth-order valence-corrected chi connectivity index (χ4v) is 0.390. The van der Waals surface area contributed by atoms with E-state index in [0.717, 1.165) is 0 Å². The van der Waals surface area contributed by atoms with E-state index in [2.05, 4.69) is 6.42 Å².